The van der Waals surface area contributed by atoms with E-state index in [1.807, 2.05) is 18.2 Å². The van der Waals surface area contributed by atoms with E-state index in [1.165, 1.54) is 0 Å². The molecule has 2 N–H and O–H groups in total. The van der Waals surface area contributed by atoms with Crippen LogP contribution in [0, 0.1) is 0 Å². The zero-order valence-corrected chi connectivity index (χ0v) is 13.0. The Morgan fingerprint density at radius 2 is 1.74 bits per heavy atom. The lowest BCUT2D eigenvalue weighted by atomic mass is 9.85. The van der Waals surface area contributed by atoms with Crippen LogP contribution in [0.4, 0.5) is 0 Å². The van der Waals surface area contributed by atoms with Crippen molar-refractivity contribution in [1.29, 1.82) is 0 Å². The lowest BCUT2D eigenvalue weighted by molar-refractivity contribution is 0.537. The highest BCUT2D eigenvalue weighted by molar-refractivity contribution is 6.31. The van der Waals surface area contributed by atoms with Crippen molar-refractivity contribution in [3.05, 3.63) is 34.9 Å². The predicted octanol–water partition coefficient (Wildman–Crippen LogP) is 3.19. The zero-order valence-electron chi connectivity index (χ0n) is 12.3. The summed E-state index contributed by atoms with van der Waals surface area (Å²) in [5.41, 5.74) is 1.04. The molecule has 0 atom stereocenters. The van der Waals surface area contributed by atoms with E-state index in [0.717, 1.165) is 29.6 Å². The molecule has 0 saturated heterocycles. The van der Waals surface area contributed by atoms with Gasteiger partial charge in [-0.25, -0.2) is 0 Å². The highest BCUT2D eigenvalue weighted by Crippen LogP contribution is 2.29. The van der Waals surface area contributed by atoms with Crippen molar-refractivity contribution in [1.82, 2.24) is 10.6 Å². The molecule has 0 unspecified atom stereocenters. The lowest BCUT2D eigenvalue weighted by Crippen LogP contribution is -2.38. The molecule has 0 bridgehead atoms. The first kappa shape index (κ1) is 15.8. The maximum atomic E-state index is 6.27. The summed E-state index contributed by atoms with van der Waals surface area (Å²) >= 11 is 6.27. The highest BCUT2D eigenvalue weighted by atomic mass is 35.5. The minimum absolute atomic E-state index is 0.0889. The number of hydrogen-bond acceptors (Lipinski definition) is 1. The van der Waals surface area contributed by atoms with Gasteiger partial charge in [0.25, 0.3) is 0 Å². The molecule has 0 heterocycles. The van der Waals surface area contributed by atoms with Crippen molar-refractivity contribution in [2.45, 2.75) is 33.1 Å². The summed E-state index contributed by atoms with van der Waals surface area (Å²) in [5, 5.41) is 7.26. The number of guanidine groups is 1. The quantitative estimate of drug-likeness (QED) is 0.642. The van der Waals surface area contributed by atoms with Gasteiger partial charge >= 0.3 is 0 Å². The third-order valence-corrected chi connectivity index (χ3v) is 3.25. The molecule has 1 aromatic carbocycles. The third-order valence-electron chi connectivity index (χ3n) is 2.92. The standard InChI is InChI=1S/C15H24ClN3/c1-5-17-14(18-6-2)19-11-15(3,4)12-9-7-8-10-13(12)16/h7-10H,5-6,11H2,1-4H3,(H2,17,18,19). The van der Waals surface area contributed by atoms with Crippen molar-refractivity contribution in [2.24, 2.45) is 4.99 Å². The van der Waals surface area contributed by atoms with Crippen molar-refractivity contribution < 1.29 is 0 Å². The van der Waals surface area contributed by atoms with E-state index < -0.39 is 0 Å². The third kappa shape index (κ3) is 4.75. The van der Waals surface area contributed by atoms with Gasteiger partial charge in [-0.05, 0) is 25.5 Å². The van der Waals surface area contributed by atoms with E-state index in [9.17, 15) is 0 Å². The van der Waals surface area contributed by atoms with Gasteiger partial charge < -0.3 is 10.6 Å². The number of aliphatic imine (C=N–C) groups is 1. The number of hydrogen-bond donors (Lipinski definition) is 2. The van der Waals surface area contributed by atoms with Crippen LogP contribution >= 0.6 is 11.6 Å². The summed E-state index contributed by atoms with van der Waals surface area (Å²) < 4.78 is 0. The molecular formula is C15H24ClN3. The number of nitrogens with one attached hydrogen (secondary N) is 2. The molecular weight excluding hydrogens is 258 g/mol. The molecule has 106 valence electrons. The Morgan fingerprint density at radius 3 is 2.26 bits per heavy atom. The van der Waals surface area contributed by atoms with E-state index in [1.54, 1.807) is 0 Å². The Kier molecular flexibility index (Phi) is 6.16. The van der Waals surface area contributed by atoms with Crippen molar-refractivity contribution in [2.75, 3.05) is 19.6 Å². The minimum atomic E-state index is -0.0889. The summed E-state index contributed by atoms with van der Waals surface area (Å²) in [5.74, 6) is 0.852. The summed E-state index contributed by atoms with van der Waals surface area (Å²) in [6, 6.07) is 7.96. The molecule has 0 aromatic heterocycles. The van der Waals surface area contributed by atoms with Gasteiger partial charge in [0, 0.05) is 23.5 Å². The first-order valence-corrected chi connectivity index (χ1v) is 7.16. The van der Waals surface area contributed by atoms with E-state index in [2.05, 4.69) is 49.4 Å². The molecule has 0 aliphatic carbocycles. The number of rotatable bonds is 5. The molecule has 1 aromatic rings. The molecule has 0 amide bonds. The molecule has 0 spiro atoms. The Labute approximate surface area is 121 Å². The molecule has 0 aliphatic heterocycles. The van der Waals surface area contributed by atoms with Crippen LogP contribution in [0.5, 0.6) is 0 Å². The molecule has 0 radical (unpaired) electrons. The Morgan fingerprint density at radius 1 is 1.16 bits per heavy atom. The van der Waals surface area contributed by atoms with Crippen molar-refractivity contribution in [3.63, 3.8) is 0 Å². The summed E-state index contributed by atoms with van der Waals surface area (Å²) in [6.07, 6.45) is 0. The molecule has 1 rings (SSSR count). The van der Waals surface area contributed by atoms with E-state index in [-0.39, 0.29) is 5.41 Å². The number of nitrogens with zero attached hydrogens (tertiary/aromatic N) is 1. The fraction of sp³-hybridized carbons (Fsp3) is 0.533. The van der Waals surface area contributed by atoms with Crippen LogP contribution in [0.15, 0.2) is 29.3 Å². The molecule has 19 heavy (non-hydrogen) atoms. The molecule has 0 fully saturated rings. The van der Waals surface area contributed by atoms with Crippen LogP contribution in [0.2, 0.25) is 5.02 Å². The Balaban J connectivity index is 2.84. The molecule has 4 heteroatoms. The molecule has 3 nitrogen and oxygen atoms in total. The minimum Gasteiger partial charge on any atom is -0.357 e. The maximum Gasteiger partial charge on any atom is 0.191 e. The average Bonchev–Trinajstić information content (AvgIpc) is 2.37. The normalized spacial score (nSPS) is 11.0. The largest absolute Gasteiger partial charge is 0.357 e. The predicted molar refractivity (Wildman–Crippen MR) is 84.1 cm³/mol. The van der Waals surface area contributed by atoms with Crippen LogP contribution in [0.1, 0.15) is 33.3 Å². The summed E-state index contributed by atoms with van der Waals surface area (Å²) in [6.45, 7) is 10.8. The van der Waals surface area contributed by atoms with Gasteiger partial charge in [-0.15, -0.1) is 0 Å². The fourth-order valence-electron chi connectivity index (χ4n) is 1.88. The molecule has 0 aliphatic rings. The highest BCUT2D eigenvalue weighted by Gasteiger charge is 2.22. The van der Waals surface area contributed by atoms with Crippen LogP contribution in [0.3, 0.4) is 0 Å². The van der Waals surface area contributed by atoms with Crippen LogP contribution in [0.25, 0.3) is 0 Å². The lowest BCUT2D eigenvalue weighted by Gasteiger charge is -2.25. The number of benzene rings is 1. The topological polar surface area (TPSA) is 36.4 Å². The van der Waals surface area contributed by atoms with E-state index in [0.29, 0.717) is 6.54 Å². The maximum absolute atomic E-state index is 6.27. The summed E-state index contributed by atoms with van der Waals surface area (Å²) in [7, 11) is 0. The van der Waals surface area contributed by atoms with Gasteiger partial charge in [-0.3, -0.25) is 4.99 Å². The smallest absolute Gasteiger partial charge is 0.191 e. The van der Waals surface area contributed by atoms with Gasteiger partial charge in [0.05, 0.1) is 6.54 Å². The SMILES string of the molecule is CCNC(=NCC(C)(C)c1ccccc1Cl)NCC. The first-order chi connectivity index (χ1) is 9.01. The molecule has 0 saturated carbocycles. The summed E-state index contributed by atoms with van der Waals surface area (Å²) in [4.78, 5) is 4.63. The van der Waals surface area contributed by atoms with E-state index in [4.69, 9.17) is 11.6 Å². The average molecular weight is 282 g/mol. The van der Waals surface area contributed by atoms with Gasteiger partial charge in [0.15, 0.2) is 5.96 Å². The second kappa shape index (κ2) is 7.39. The Bertz CT molecular complexity index is 419. The van der Waals surface area contributed by atoms with Gasteiger partial charge in [-0.1, -0.05) is 43.6 Å². The first-order valence-electron chi connectivity index (χ1n) is 6.78. The van der Waals surface area contributed by atoms with Gasteiger partial charge in [-0.2, -0.15) is 0 Å². The van der Waals surface area contributed by atoms with Crippen LogP contribution in [-0.4, -0.2) is 25.6 Å². The van der Waals surface area contributed by atoms with Crippen LogP contribution < -0.4 is 10.6 Å². The van der Waals surface area contributed by atoms with Gasteiger partial charge in [0.2, 0.25) is 0 Å². The fourth-order valence-corrected chi connectivity index (χ4v) is 2.27. The zero-order chi connectivity index (χ0) is 14.3. The van der Waals surface area contributed by atoms with Gasteiger partial charge in [0.1, 0.15) is 0 Å². The monoisotopic (exact) mass is 281 g/mol. The van der Waals surface area contributed by atoms with Crippen molar-refractivity contribution >= 4 is 17.6 Å². The van der Waals surface area contributed by atoms with Crippen molar-refractivity contribution in [3.8, 4) is 0 Å². The van der Waals surface area contributed by atoms with Crippen LogP contribution in [-0.2, 0) is 5.41 Å². The second-order valence-electron chi connectivity index (χ2n) is 5.09. The Hall–Kier alpha value is -1.22. The van der Waals surface area contributed by atoms with E-state index >= 15 is 0 Å². The number of halogens is 1. The second-order valence-corrected chi connectivity index (χ2v) is 5.50.